The summed E-state index contributed by atoms with van der Waals surface area (Å²) >= 11 is 0. The van der Waals surface area contributed by atoms with Crippen LogP contribution >= 0.6 is 0 Å². The number of hydrogen-bond donors (Lipinski definition) is 0. The first kappa shape index (κ1) is 22.8. The number of nitrogens with zero attached hydrogens (tertiary/aromatic N) is 2. The molecule has 0 aliphatic carbocycles. The Balaban J connectivity index is 1.64. The molecule has 0 unspecified atom stereocenters. The van der Waals surface area contributed by atoms with Crippen molar-refractivity contribution in [3.05, 3.63) is 83.8 Å². The van der Waals surface area contributed by atoms with Crippen LogP contribution in [0.25, 0.3) is 21.7 Å². The number of para-hydroxylation sites is 1. The largest absolute Gasteiger partial charge is 0.456 e. The zero-order valence-electron chi connectivity index (χ0n) is 18.3. The number of benzene rings is 3. The molecule has 33 heavy (non-hydrogen) atoms. The van der Waals surface area contributed by atoms with Crippen LogP contribution in [-0.4, -0.2) is 36.8 Å². The highest BCUT2D eigenvalue weighted by Gasteiger charge is 2.26. The minimum absolute atomic E-state index is 0.0489. The molecular weight excluding hydrogens is 443 g/mol. The van der Waals surface area contributed by atoms with Crippen molar-refractivity contribution < 1.29 is 22.3 Å². The summed E-state index contributed by atoms with van der Waals surface area (Å²) in [7, 11) is -4.07. The van der Waals surface area contributed by atoms with Crippen LogP contribution in [0.15, 0.2) is 71.6 Å². The van der Waals surface area contributed by atoms with Crippen molar-refractivity contribution in [2.24, 2.45) is 0 Å². The lowest BCUT2D eigenvalue weighted by Crippen LogP contribution is -2.31. The lowest BCUT2D eigenvalue weighted by Gasteiger charge is -2.19. The molecule has 8 heteroatoms. The number of fused-ring (bicyclic) bond motifs is 3. The molecule has 0 radical (unpaired) electrons. The van der Waals surface area contributed by atoms with Gasteiger partial charge in [0.1, 0.15) is 17.3 Å². The standard InChI is InChI=1S/C25H23FN2O4S/c1-3-28(4-2)33(30,31)24-15-17(13-14-21(24)26)25(29)32-16-23-20-11-6-5-9-18(20)19-10-7-8-12-22(19)27-23/h5-15H,3-4,16H2,1-2H3. The van der Waals surface area contributed by atoms with Crippen LogP contribution in [0.3, 0.4) is 0 Å². The Morgan fingerprint density at radius 3 is 2.27 bits per heavy atom. The van der Waals surface area contributed by atoms with Gasteiger partial charge in [-0.2, -0.15) is 4.31 Å². The van der Waals surface area contributed by atoms with Crippen LogP contribution in [0, 0.1) is 5.82 Å². The molecule has 0 saturated heterocycles. The summed E-state index contributed by atoms with van der Waals surface area (Å²) in [4.78, 5) is 16.8. The van der Waals surface area contributed by atoms with Crippen LogP contribution in [0.2, 0.25) is 0 Å². The third-order valence-corrected chi connectivity index (χ3v) is 7.58. The summed E-state index contributed by atoms with van der Waals surface area (Å²) in [5, 5.41) is 2.84. The van der Waals surface area contributed by atoms with Gasteiger partial charge in [0.25, 0.3) is 0 Å². The van der Waals surface area contributed by atoms with Gasteiger partial charge in [-0.3, -0.25) is 0 Å². The Hall–Kier alpha value is -3.36. The minimum atomic E-state index is -4.07. The van der Waals surface area contributed by atoms with Gasteiger partial charge in [-0.25, -0.2) is 22.6 Å². The quantitative estimate of drug-likeness (QED) is 0.286. The average molecular weight is 467 g/mol. The van der Waals surface area contributed by atoms with Crippen molar-refractivity contribution in [2.75, 3.05) is 13.1 Å². The summed E-state index contributed by atoms with van der Waals surface area (Å²) in [6.45, 7) is 3.59. The number of halogens is 1. The molecule has 0 atom stereocenters. The Bertz CT molecular complexity index is 1450. The van der Waals surface area contributed by atoms with Crippen molar-refractivity contribution in [2.45, 2.75) is 25.3 Å². The first-order valence-corrected chi connectivity index (χ1v) is 12.0. The van der Waals surface area contributed by atoms with E-state index >= 15 is 0 Å². The summed E-state index contributed by atoms with van der Waals surface area (Å²) in [5.74, 6) is -1.68. The van der Waals surface area contributed by atoms with E-state index in [1.165, 1.54) is 6.07 Å². The van der Waals surface area contributed by atoms with Gasteiger partial charge in [-0.15, -0.1) is 0 Å². The molecular formula is C25H23FN2O4S. The van der Waals surface area contributed by atoms with E-state index < -0.39 is 26.7 Å². The maximum Gasteiger partial charge on any atom is 0.338 e. The zero-order valence-corrected chi connectivity index (χ0v) is 19.1. The van der Waals surface area contributed by atoms with E-state index in [1.54, 1.807) is 13.8 Å². The fraction of sp³-hybridized carbons (Fsp3) is 0.200. The molecule has 0 N–H and O–H groups in total. The fourth-order valence-electron chi connectivity index (χ4n) is 3.83. The van der Waals surface area contributed by atoms with Crippen molar-refractivity contribution in [1.82, 2.24) is 9.29 Å². The second-order valence-corrected chi connectivity index (χ2v) is 9.34. The molecule has 0 aliphatic rings. The van der Waals surface area contributed by atoms with E-state index in [0.29, 0.717) is 5.69 Å². The van der Waals surface area contributed by atoms with Gasteiger partial charge in [-0.1, -0.05) is 56.3 Å². The van der Waals surface area contributed by atoms with Crippen LogP contribution in [-0.2, 0) is 21.4 Å². The third kappa shape index (κ3) is 4.31. The van der Waals surface area contributed by atoms with E-state index in [2.05, 4.69) is 4.98 Å². The van der Waals surface area contributed by atoms with Crippen molar-refractivity contribution in [3.8, 4) is 0 Å². The Morgan fingerprint density at radius 2 is 1.58 bits per heavy atom. The number of esters is 1. The monoisotopic (exact) mass is 466 g/mol. The van der Waals surface area contributed by atoms with Gasteiger partial charge in [0.15, 0.2) is 0 Å². The van der Waals surface area contributed by atoms with Gasteiger partial charge in [-0.05, 0) is 29.7 Å². The van der Waals surface area contributed by atoms with Crippen LogP contribution in [0.4, 0.5) is 4.39 Å². The maximum absolute atomic E-state index is 14.4. The number of carbonyl (C=O) groups is 1. The normalized spacial score (nSPS) is 11.9. The van der Waals surface area contributed by atoms with E-state index in [1.807, 2.05) is 48.5 Å². The molecule has 170 valence electrons. The topological polar surface area (TPSA) is 76.6 Å². The molecule has 0 saturated carbocycles. The summed E-state index contributed by atoms with van der Waals surface area (Å²) in [6.07, 6.45) is 0. The van der Waals surface area contributed by atoms with E-state index in [4.69, 9.17) is 4.74 Å². The van der Waals surface area contributed by atoms with E-state index in [-0.39, 0.29) is 25.3 Å². The van der Waals surface area contributed by atoms with Gasteiger partial charge < -0.3 is 4.74 Å². The molecule has 1 aromatic heterocycles. The number of hydrogen-bond acceptors (Lipinski definition) is 5. The molecule has 4 rings (SSSR count). The molecule has 6 nitrogen and oxygen atoms in total. The lowest BCUT2D eigenvalue weighted by molar-refractivity contribution is 0.0469. The molecule has 3 aromatic carbocycles. The third-order valence-electron chi connectivity index (χ3n) is 5.52. The lowest BCUT2D eigenvalue weighted by atomic mass is 10.0. The highest BCUT2D eigenvalue weighted by atomic mass is 32.2. The van der Waals surface area contributed by atoms with Crippen molar-refractivity contribution >= 4 is 37.7 Å². The minimum Gasteiger partial charge on any atom is -0.456 e. The number of pyridine rings is 1. The first-order chi connectivity index (χ1) is 15.9. The second kappa shape index (κ2) is 9.25. The SMILES string of the molecule is CCN(CC)S(=O)(=O)c1cc(C(=O)OCc2nc3ccccc3c3ccccc23)ccc1F. The smallest absolute Gasteiger partial charge is 0.338 e. The van der Waals surface area contributed by atoms with Gasteiger partial charge in [0, 0.05) is 23.9 Å². The zero-order chi connectivity index (χ0) is 23.6. The van der Waals surface area contributed by atoms with E-state index in [0.717, 1.165) is 38.1 Å². The first-order valence-electron chi connectivity index (χ1n) is 10.6. The van der Waals surface area contributed by atoms with Crippen LogP contribution in [0.5, 0.6) is 0 Å². The number of rotatable bonds is 7. The Kier molecular flexibility index (Phi) is 6.40. The van der Waals surface area contributed by atoms with Crippen LogP contribution in [0.1, 0.15) is 29.9 Å². The van der Waals surface area contributed by atoms with Gasteiger partial charge in [0.05, 0.1) is 16.8 Å². The number of sulfonamides is 1. The molecule has 0 fully saturated rings. The van der Waals surface area contributed by atoms with E-state index in [9.17, 15) is 17.6 Å². The number of aromatic nitrogens is 1. The number of ether oxygens (including phenoxy) is 1. The van der Waals surface area contributed by atoms with Gasteiger partial charge in [0.2, 0.25) is 10.0 Å². The molecule has 0 bridgehead atoms. The molecule has 4 aromatic rings. The predicted molar refractivity (Wildman–Crippen MR) is 125 cm³/mol. The fourth-order valence-corrected chi connectivity index (χ4v) is 5.38. The predicted octanol–water partition coefficient (Wildman–Crippen LogP) is 4.91. The van der Waals surface area contributed by atoms with Crippen molar-refractivity contribution in [1.29, 1.82) is 0 Å². The molecule has 0 aliphatic heterocycles. The van der Waals surface area contributed by atoms with Gasteiger partial charge >= 0.3 is 5.97 Å². The maximum atomic E-state index is 14.4. The summed E-state index contributed by atoms with van der Waals surface area (Å²) < 4.78 is 46.5. The Labute approximate surface area is 191 Å². The summed E-state index contributed by atoms with van der Waals surface area (Å²) in [5.41, 5.74) is 1.31. The highest BCUT2D eigenvalue weighted by Crippen LogP contribution is 2.27. The van der Waals surface area contributed by atoms with Crippen molar-refractivity contribution in [3.63, 3.8) is 0 Å². The average Bonchev–Trinajstić information content (AvgIpc) is 2.83. The molecule has 1 heterocycles. The number of carbonyl (C=O) groups excluding carboxylic acids is 1. The molecule has 0 spiro atoms. The highest BCUT2D eigenvalue weighted by molar-refractivity contribution is 7.89. The molecule has 0 amide bonds. The Morgan fingerprint density at radius 1 is 0.939 bits per heavy atom. The van der Waals surface area contributed by atoms with Crippen LogP contribution < -0.4 is 0 Å². The second-order valence-electron chi connectivity index (χ2n) is 7.43. The summed E-state index contributed by atoms with van der Waals surface area (Å²) in [6, 6.07) is 18.6.